The van der Waals surface area contributed by atoms with Crippen LogP contribution in [-0.4, -0.2) is 25.0 Å². The van der Waals surface area contributed by atoms with Gasteiger partial charge in [-0.2, -0.15) is 0 Å². The maximum Gasteiger partial charge on any atom is 0.252 e. The number of benzene rings is 1. The van der Waals surface area contributed by atoms with Gasteiger partial charge in [0.05, 0.1) is 5.56 Å². The Kier molecular flexibility index (Phi) is 4.12. The second-order valence-corrected chi connectivity index (χ2v) is 4.98. The van der Waals surface area contributed by atoms with E-state index in [2.05, 4.69) is 26.6 Å². The number of hydrogen-bond acceptors (Lipinski definition) is 2. The second kappa shape index (κ2) is 5.60. The van der Waals surface area contributed by atoms with E-state index in [0.717, 1.165) is 25.9 Å². The highest BCUT2D eigenvalue weighted by Gasteiger charge is 2.17. The highest BCUT2D eigenvalue weighted by Crippen LogP contribution is 2.18. The number of piperidine rings is 1. The lowest BCUT2D eigenvalue weighted by atomic mass is 10.1. The van der Waals surface area contributed by atoms with Crippen LogP contribution in [0.15, 0.2) is 22.7 Å². The molecule has 0 bridgehead atoms. The summed E-state index contributed by atoms with van der Waals surface area (Å²) in [5.74, 6) is -0.501. The van der Waals surface area contributed by atoms with Crippen molar-refractivity contribution in [2.24, 2.45) is 0 Å². The molecule has 0 aromatic heterocycles. The van der Waals surface area contributed by atoms with Crippen LogP contribution in [0.4, 0.5) is 4.39 Å². The lowest BCUT2D eigenvalue weighted by Gasteiger charge is -2.23. The molecule has 17 heavy (non-hydrogen) atoms. The molecule has 1 heterocycles. The zero-order valence-corrected chi connectivity index (χ0v) is 10.9. The van der Waals surface area contributed by atoms with Gasteiger partial charge >= 0.3 is 0 Å². The number of nitrogens with one attached hydrogen (secondary N) is 2. The van der Waals surface area contributed by atoms with Crippen molar-refractivity contribution in [3.8, 4) is 0 Å². The summed E-state index contributed by atoms with van der Waals surface area (Å²) in [6.45, 7) is 1.85. The predicted molar refractivity (Wildman–Crippen MR) is 67.5 cm³/mol. The van der Waals surface area contributed by atoms with Gasteiger partial charge in [-0.3, -0.25) is 4.79 Å². The molecule has 1 aliphatic rings. The van der Waals surface area contributed by atoms with Crippen LogP contribution < -0.4 is 10.6 Å². The number of amides is 1. The first-order valence-corrected chi connectivity index (χ1v) is 6.43. The Balaban J connectivity index is 2.03. The summed E-state index contributed by atoms with van der Waals surface area (Å²) in [6, 6.07) is 4.30. The van der Waals surface area contributed by atoms with Crippen LogP contribution in [0.1, 0.15) is 23.2 Å². The molecule has 2 N–H and O–H groups in total. The second-order valence-electron chi connectivity index (χ2n) is 4.12. The first-order chi connectivity index (χ1) is 8.16. The quantitative estimate of drug-likeness (QED) is 0.878. The molecule has 5 heteroatoms. The Hall–Kier alpha value is -0.940. The average molecular weight is 301 g/mol. The third-order valence-corrected chi connectivity index (χ3v) is 3.51. The van der Waals surface area contributed by atoms with Crippen molar-refractivity contribution in [3.63, 3.8) is 0 Å². The zero-order chi connectivity index (χ0) is 12.3. The van der Waals surface area contributed by atoms with Crippen LogP contribution >= 0.6 is 15.9 Å². The Bertz CT molecular complexity index is 419. The van der Waals surface area contributed by atoms with Crippen LogP contribution in [0, 0.1) is 5.82 Å². The van der Waals surface area contributed by atoms with Crippen LogP contribution in [0.2, 0.25) is 0 Å². The van der Waals surface area contributed by atoms with Gasteiger partial charge in [0, 0.05) is 10.5 Å². The van der Waals surface area contributed by atoms with Crippen LogP contribution in [0.5, 0.6) is 0 Å². The van der Waals surface area contributed by atoms with Crippen molar-refractivity contribution in [2.45, 2.75) is 18.9 Å². The summed E-state index contributed by atoms with van der Waals surface area (Å²) >= 11 is 3.20. The molecule has 1 fully saturated rings. The summed E-state index contributed by atoms with van der Waals surface area (Å²) in [7, 11) is 0. The van der Waals surface area contributed by atoms with Gasteiger partial charge in [-0.05, 0) is 60.1 Å². The van der Waals surface area contributed by atoms with Gasteiger partial charge in [-0.15, -0.1) is 0 Å². The Morgan fingerprint density at radius 3 is 2.76 bits per heavy atom. The fourth-order valence-corrected chi connectivity index (χ4v) is 2.43. The van der Waals surface area contributed by atoms with E-state index in [-0.39, 0.29) is 17.8 Å². The molecule has 2 rings (SSSR count). The predicted octanol–water partition coefficient (Wildman–Crippen LogP) is 2.07. The van der Waals surface area contributed by atoms with Crippen molar-refractivity contribution in [1.29, 1.82) is 0 Å². The van der Waals surface area contributed by atoms with Gasteiger partial charge in [-0.1, -0.05) is 0 Å². The number of carbonyl (C=O) groups excluding carboxylic acids is 1. The molecule has 0 radical (unpaired) electrons. The largest absolute Gasteiger partial charge is 0.349 e. The Morgan fingerprint density at radius 2 is 2.12 bits per heavy atom. The minimum Gasteiger partial charge on any atom is -0.349 e. The lowest BCUT2D eigenvalue weighted by Crippen LogP contribution is -2.42. The molecular weight excluding hydrogens is 287 g/mol. The molecule has 0 spiro atoms. The summed E-state index contributed by atoms with van der Waals surface area (Å²) in [5.41, 5.74) is 0.477. The molecule has 1 amide bonds. The standard InChI is InChI=1S/C12H14BrFN2O/c13-11-7-8(14)1-2-10(11)12(17)16-9-3-5-15-6-4-9/h1-2,7,9,15H,3-6H2,(H,16,17). The number of carbonyl (C=O) groups is 1. The van der Waals surface area contributed by atoms with Crippen molar-refractivity contribution >= 4 is 21.8 Å². The van der Waals surface area contributed by atoms with Gasteiger partial charge in [0.15, 0.2) is 0 Å². The van der Waals surface area contributed by atoms with Crippen LogP contribution in [0.25, 0.3) is 0 Å². The minimum absolute atomic E-state index is 0.149. The topological polar surface area (TPSA) is 41.1 Å². The van der Waals surface area contributed by atoms with Crippen molar-refractivity contribution < 1.29 is 9.18 Å². The normalized spacial score (nSPS) is 16.8. The number of hydrogen-bond donors (Lipinski definition) is 2. The molecule has 1 aliphatic heterocycles. The van der Waals surface area contributed by atoms with E-state index in [0.29, 0.717) is 10.0 Å². The summed E-state index contributed by atoms with van der Waals surface area (Å²) in [5, 5.41) is 6.20. The molecule has 1 aromatic rings. The van der Waals surface area contributed by atoms with E-state index in [9.17, 15) is 9.18 Å². The lowest BCUT2D eigenvalue weighted by molar-refractivity contribution is 0.0928. The summed E-state index contributed by atoms with van der Waals surface area (Å²) < 4.78 is 13.4. The molecule has 0 atom stereocenters. The molecule has 0 saturated carbocycles. The van der Waals surface area contributed by atoms with Gasteiger partial charge in [-0.25, -0.2) is 4.39 Å². The fourth-order valence-electron chi connectivity index (χ4n) is 1.90. The third-order valence-electron chi connectivity index (χ3n) is 2.85. The van der Waals surface area contributed by atoms with E-state index < -0.39 is 0 Å². The van der Waals surface area contributed by atoms with Gasteiger partial charge in [0.25, 0.3) is 5.91 Å². The molecule has 1 saturated heterocycles. The maximum atomic E-state index is 12.9. The van der Waals surface area contributed by atoms with Gasteiger partial charge < -0.3 is 10.6 Å². The van der Waals surface area contributed by atoms with Crippen molar-refractivity contribution in [2.75, 3.05) is 13.1 Å². The SMILES string of the molecule is O=C(NC1CCNCC1)c1ccc(F)cc1Br. The first-order valence-electron chi connectivity index (χ1n) is 5.63. The van der Waals surface area contributed by atoms with Crippen molar-refractivity contribution in [1.82, 2.24) is 10.6 Å². The molecule has 92 valence electrons. The zero-order valence-electron chi connectivity index (χ0n) is 9.30. The van der Waals surface area contributed by atoms with E-state index in [1.807, 2.05) is 0 Å². The van der Waals surface area contributed by atoms with E-state index in [1.54, 1.807) is 0 Å². The highest BCUT2D eigenvalue weighted by atomic mass is 79.9. The van der Waals surface area contributed by atoms with E-state index in [1.165, 1.54) is 18.2 Å². The molecule has 1 aromatic carbocycles. The van der Waals surface area contributed by atoms with Gasteiger partial charge in [0.1, 0.15) is 5.82 Å². The highest BCUT2D eigenvalue weighted by molar-refractivity contribution is 9.10. The Morgan fingerprint density at radius 1 is 1.41 bits per heavy atom. The third kappa shape index (κ3) is 3.26. The minimum atomic E-state index is -0.352. The van der Waals surface area contributed by atoms with Gasteiger partial charge in [0.2, 0.25) is 0 Å². The molecular formula is C12H14BrFN2O. The smallest absolute Gasteiger partial charge is 0.252 e. The first kappa shape index (κ1) is 12.5. The monoisotopic (exact) mass is 300 g/mol. The average Bonchev–Trinajstić information content (AvgIpc) is 2.30. The number of rotatable bonds is 2. The number of halogens is 2. The van der Waals surface area contributed by atoms with Crippen LogP contribution in [-0.2, 0) is 0 Å². The van der Waals surface area contributed by atoms with Crippen LogP contribution in [0.3, 0.4) is 0 Å². The summed E-state index contributed by atoms with van der Waals surface area (Å²) in [6.07, 6.45) is 1.87. The molecule has 0 aliphatic carbocycles. The maximum absolute atomic E-state index is 12.9. The van der Waals surface area contributed by atoms with E-state index in [4.69, 9.17) is 0 Å². The van der Waals surface area contributed by atoms with E-state index >= 15 is 0 Å². The molecule has 3 nitrogen and oxygen atoms in total. The Labute approximate surface area is 108 Å². The summed E-state index contributed by atoms with van der Waals surface area (Å²) in [4.78, 5) is 12.0. The fraction of sp³-hybridized carbons (Fsp3) is 0.417. The van der Waals surface area contributed by atoms with Crippen molar-refractivity contribution in [3.05, 3.63) is 34.1 Å². The molecule has 0 unspecified atom stereocenters.